The number of carbonyl (C=O) groups is 1. The van der Waals surface area contributed by atoms with Gasteiger partial charge in [-0.2, -0.15) is 0 Å². The molecular weight excluding hydrogens is 607 g/mol. The second-order valence-corrected chi connectivity index (χ2v) is 8.38. The van der Waals surface area contributed by atoms with E-state index in [1.807, 2.05) is 54.7 Å². The van der Waals surface area contributed by atoms with Crippen LogP contribution in [0.5, 0.6) is 11.5 Å². The number of para-hydroxylation sites is 2. The second kappa shape index (κ2) is 10.6. The molecule has 5 rings (SSSR count). The molecule has 0 saturated heterocycles. The van der Waals surface area contributed by atoms with Crippen LogP contribution in [0, 0.1) is 6.07 Å². The Hall–Kier alpha value is -3.54. The van der Waals surface area contributed by atoms with Gasteiger partial charge in [-0.3, -0.25) is 0 Å². The van der Waals surface area contributed by atoms with E-state index in [1.54, 1.807) is 12.1 Å². The SMILES string of the molecule is CC(C)(C)N1c2ccccc2Oc2cc[c-]c(-c3ccccn3)c21.O=C(O)c1ccccn1.[Ir]. The first-order chi connectivity index (χ1) is 15.9. The summed E-state index contributed by atoms with van der Waals surface area (Å²) < 4.78 is 6.18. The van der Waals surface area contributed by atoms with E-state index in [0.717, 1.165) is 34.1 Å². The first-order valence-corrected chi connectivity index (χ1v) is 10.5. The summed E-state index contributed by atoms with van der Waals surface area (Å²) >= 11 is 0. The molecule has 7 heteroatoms. The van der Waals surface area contributed by atoms with Crippen LogP contribution in [0.4, 0.5) is 11.4 Å². The molecule has 3 heterocycles. The quantitative estimate of drug-likeness (QED) is 0.260. The minimum atomic E-state index is -0.990. The van der Waals surface area contributed by atoms with Crippen molar-refractivity contribution < 1.29 is 34.7 Å². The molecule has 0 spiro atoms. The van der Waals surface area contributed by atoms with Gasteiger partial charge in [0.25, 0.3) is 0 Å². The molecule has 0 saturated carbocycles. The number of anilines is 2. The molecule has 2 aromatic heterocycles. The van der Waals surface area contributed by atoms with Crippen molar-refractivity contribution in [3.8, 4) is 22.8 Å². The molecule has 0 bridgehead atoms. The number of nitrogens with zero attached hydrogens (tertiary/aromatic N) is 3. The van der Waals surface area contributed by atoms with Crippen molar-refractivity contribution in [3.05, 3.63) is 97.0 Å². The fourth-order valence-corrected chi connectivity index (χ4v) is 3.63. The van der Waals surface area contributed by atoms with Crippen molar-refractivity contribution in [2.75, 3.05) is 4.90 Å². The molecular formula is C27H24IrN3O3-. The Kier molecular flexibility index (Phi) is 7.82. The molecule has 0 unspecified atom stereocenters. The van der Waals surface area contributed by atoms with E-state index in [0.29, 0.717) is 0 Å². The summed E-state index contributed by atoms with van der Waals surface area (Å²) in [7, 11) is 0. The van der Waals surface area contributed by atoms with Crippen LogP contribution in [0.15, 0.2) is 85.2 Å². The third kappa shape index (κ3) is 5.33. The van der Waals surface area contributed by atoms with Gasteiger partial charge in [0.15, 0.2) is 0 Å². The Bertz CT molecular complexity index is 1260. The molecule has 0 amide bonds. The summed E-state index contributed by atoms with van der Waals surface area (Å²) in [5, 5.41) is 8.32. The zero-order valence-electron chi connectivity index (χ0n) is 19.0. The van der Waals surface area contributed by atoms with Crippen LogP contribution in [-0.4, -0.2) is 26.6 Å². The molecule has 4 aromatic rings. The first-order valence-electron chi connectivity index (χ1n) is 10.5. The van der Waals surface area contributed by atoms with Gasteiger partial charge in [0.2, 0.25) is 0 Å². The van der Waals surface area contributed by atoms with Gasteiger partial charge in [0, 0.05) is 43.7 Å². The number of rotatable bonds is 2. The third-order valence-electron chi connectivity index (χ3n) is 4.96. The molecule has 2 aromatic carbocycles. The molecule has 175 valence electrons. The third-order valence-corrected chi connectivity index (χ3v) is 4.96. The standard InChI is InChI=1S/C21H19N2O.C6H5NO2.Ir/c1-21(2,3)23-17-11-4-5-12-18(17)24-19-13-8-9-15(20(19)23)16-10-6-7-14-22-16;8-6(9)5-3-1-2-4-7-5;/h4-8,10-14H,1-3H3;1-4H,(H,8,9);/q-1;;. The van der Waals surface area contributed by atoms with Crippen LogP contribution in [-0.2, 0) is 20.1 Å². The van der Waals surface area contributed by atoms with E-state index in [2.05, 4.69) is 47.8 Å². The largest absolute Gasteiger partial charge is 0.477 e. The monoisotopic (exact) mass is 631 g/mol. The average molecular weight is 631 g/mol. The number of carboxylic acids is 1. The molecule has 1 aliphatic rings. The number of carboxylic acid groups (broad SMARTS) is 1. The maximum Gasteiger partial charge on any atom is 0.354 e. The minimum absolute atomic E-state index is 0. The van der Waals surface area contributed by atoms with Crippen LogP contribution in [0.2, 0.25) is 0 Å². The summed E-state index contributed by atoms with van der Waals surface area (Å²) in [5.41, 5.74) is 3.89. The number of aromatic carboxylic acids is 1. The summed E-state index contributed by atoms with van der Waals surface area (Å²) in [6.45, 7) is 6.61. The van der Waals surface area contributed by atoms with Crippen molar-refractivity contribution >= 4 is 17.3 Å². The van der Waals surface area contributed by atoms with Gasteiger partial charge in [-0.1, -0.05) is 42.0 Å². The number of hydrogen-bond acceptors (Lipinski definition) is 5. The summed E-state index contributed by atoms with van der Waals surface area (Å²) in [4.78, 5) is 20.6. The summed E-state index contributed by atoms with van der Waals surface area (Å²) in [6, 6.07) is 26.1. The molecule has 0 aliphatic carbocycles. The van der Waals surface area contributed by atoms with Crippen LogP contribution >= 0.6 is 0 Å². The van der Waals surface area contributed by atoms with Gasteiger partial charge in [-0.15, -0.1) is 12.1 Å². The number of hydrogen-bond donors (Lipinski definition) is 1. The van der Waals surface area contributed by atoms with Crippen molar-refractivity contribution in [2.45, 2.75) is 26.3 Å². The maximum absolute atomic E-state index is 10.1. The van der Waals surface area contributed by atoms with Crippen LogP contribution in [0.3, 0.4) is 0 Å². The number of ether oxygens (including phenoxy) is 1. The zero-order chi connectivity index (χ0) is 23.4. The maximum atomic E-state index is 10.1. The zero-order valence-corrected chi connectivity index (χ0v) is 21.4. The molecule has 0 atom stereocenters. The smallest absolute Gasteiger partial charge is 0.354 e. The van der Waals surface area contributed by atoms with Gasteiger partial charge >= 0.3 is 5.97 Å². The molecule has 34 heavy (non-hydrogen) atoms. The second-order valence-electron chi connectivity index (χ2n) is 8.38. The van der Waals surface area contributed by atoms with Gasteiger partial charge in [0.1, 0.15) is 11.4 Å². The Balaban J connectivity index is 0.000000275. The fraction of sp³-hybridized carbons (Fsp3) is 0.148. The van der Waals surface area contributed by atoms with Crippen molar-refractivity contribution in [1.29, 1.82) is 0 Å². The topological polar surface area (TPSA) is 75.5 Å². The fourth-order valence-electron chi connectivity index (χ4n) is 3.63. The molecule has 0 fully saturated rings. The van der Waals surface area contributed by atoms with Gasteiger partial charge in [0.05, 0.1) is 11.4 Å². The Morgan fingerprint density at radius 1 is 0.912 bits per heavy atom. The predicted octanol–water partition coefficient (Wildman–Crippen LogP) is 6.37. The van der Waals surface area contributed by atoms with Gasteiger partial charge in [-0.25, -0.2) is 9.78 Å². The molecule has 1 radical (unpaired) electrons. The van der Waals surface area contributed by atoms with Crippen LogP contribution in [0.1, 0.15) is 31.3 Å². The normalized spacial score (nSPS) is 11.6. The van der Waals surface area contributed by atoms with E-state index in [-0.39, 0.29) is 31.3 Å². The van der Waals surface area contributed by atoms with E-state index in [1.165, 1.54) is 12.3 Å². The minimum Gasteiger partial charge on any atom is -0.477 e. The van der Waals surface area contributed by atoms with E-state index >= 15 is 0 Å². The van der Waals surface area contributed by atoms with Crippen LogP contribution < -0.4 is 9.64 Å². The molecule has 1 aliphatic heterocycles. The Morgan fingerprint density at radius 3 is 2.18 bits per heavy atom. The molecule has 6 nitrogen and oxygen atoms in total. The Labute approximate surface area is 212 Å². The van der Waals surface area contributed by atoms with E-state index in [4.69, 9.17) is 9.84 Å². The first kappa shape index (κ1) is 25.1. The Morgan fingerprint density at radius 2 is 1.59 bits per heavy atom. The van der Waals surface area contributed by atoms with Crippen molar-refractivity contribution in [3.63, 3.8) is 0 Å². The van der Waals surface area contributed by atoms with Crippen molar-refractivity contribution in [2.24, 2.45) is 0 Å². The number of pyridine rings is 2. The number of benzene rings is 2. The number of aromatic nitrogens is 2. The summed E-state index contributed by atoms with van der Waals surface area (Å²) in [6.07, 6.45) is 3.26. The number of fused-ring (bicyclic) bond motifs is 2. The van der Waals surface area contributed by atoms with E-state index in [9.17, 15) is 4.79 Å². The van der Waals surface area contributed by atoms with Gasteiger partial charge in [-0.05, 0) is 56.8 Å². The van der Waals surface area contributed by atoms with Gasteiger partial charge < -0.3 is 19.7 Å². The predicted molar refractivity (Wildman–Crippen MR) is 128 cm³/mol. The van der Waals surface area contributed by atoms with E-state index < -0.39 is 5.97 Å². The van der Waals surface area contributed by atoms with Crippen molar-refractivity contribution in [1.82, 2.24) is 9.97 Å². The van der Waals surface area contributed by atoms with Crippen LogP contribution in [0.25, 0.3) is 11.3 Å². The molecule has 1 N–H and O–H groups in total. The average Bonchev–Trinajstić information content (AvgIpc) is 2.83. The summed E-state index contributed by atoms with van der Waals surface area (Å²) in [5.74, 6) is 0.719.